The van der Waals surface area contributed by atoms with Crippen molar-refractivity contribution in [2.75, 3.05) is 6.54 Å². The molecule has 0 radical (unpaired) electrons. The van der Waals surface area contributed by atoms with Crippen LogP contribution >= 0.6 is 11.3 Å². The van der Waals surface area contributed by atoms with Crippen LogP contribution in [0.4, 0.5) is 0 Å². The van der Waals surface area contributed by atoms with Crippen LogP contribution in [0.5, 0.6) is 0 Å². The first-order chi connectivity index (χ1) is 15.1. The molecule has 1 heterocycles. The van der Waals surface area contributed by atoms with Crippen molar-refractivity contribution in [3.63, 3.8) is 0 Å². The Morgan fingerprint density at radius 1 is 0.844 bits per heavy atom. The fraction of sp³-hybridized carbons (Fsp3) is 0.333. The van der Waals surface area contributed by atoms with Gasteiger partial charge in [-0.2, -0.15) is 0 Å². The Labute approximate surface area is 195 Å². The Kier molecular flexibility index (Phi) is 7.52. The zero-order chi connectivity index (χ0) is 23.3. The number of thiophene rings is 1. The van der Waals surface area contributed by atoms with Gasteiger partial charge >= 0.3 is 0 Å². The molecule has 2 amide bonds. The molecule has 2 aromatic carbocycles. The monoisotopic (exact) mass is 448 g/mol. The van der Waals surface area contributed by atoms with Crippen molar-refractivity contribution in [3.05, 3.63) is 93.2 Å². The summed E-state index contributed by atoms with van der Waals surface area (Å²) in [4.78, 5) is 32.9. The second kappa shape index (κ2) is 10.1. The first kappa shape index (κ1) is 23.7. The molecule has 0 saturated heterocycles. The number of carbonyl (C=O) groups excluding carboxylic acids is 2. The van der Waals surface area contributed by atoms with Gasteiger partial charge in [-0.15, -0.1) is 11.3 Å². The normalized spacial score (nSPS) is 11.3. The first-order valence-electron chi connectivity index (χ1n) is 10.9. The number of hydrogen-bond donors (Lipinski definition) is 0. The molecule has 0 bridgehead atoms. The molecular weight excluding hydrogens is 416 g/mol. The summed E-state index contributed by atoms with van der Waals surface area (Å²) in [7, 11) is 0. The summed E-state index contributed by atoms with van der Waals surface area (Å²) in [6.07, 6.45) is 0. The van der Waals surface area contributed by atoms with E-state index in [9.17, 15) is 9.59 Å². The second-order valence-corrected chi connectivity index (χ2v) is 10.5. The van der Waals surface area contributed by atoms with E-state index in [2.05, 4.69) is 19.1 Å². The Morgan fingerprint density at radius 2 is 1.50 bits per heavy atom. The van der Waals surface area contributed by atoms with Crippen molar-refractivity contribution in [1.29, 1.82) is 0 Å². The predicted octanol–water partition coefficient (Wildman–Crippen LogP) is 5.83. The van der Waals surface area contributed by atoms with E-state index in [0.717, 1.165) is 16.0 Å². The Balaban J connectivity index is 1.87. The molecule has 0 N–H and O–H groups in total. The fourth-order valence-electron chi connectivity index (χ4n) is 3.60. The van der Waals surface area contributed by atoms with E-state index in [-0.39, 0.29) is 18.4 Å². The highest BCUT2D eigenvalue weighted by Gasteiger charge is 2.31. The molecule has 0 fully saturated rings. The summed E-state index contributed by atoms with van der Waals surface area (Å²) in [5.41, 5.74) is 2.13. The number of aryl methyl sites for hydroxylation is 2. The van der Waals surface area contributed by atoms with E-state index in [1.807, 2.05) is 87.2 Å². The summed E-state index contributed by atoms with van der Waals surface area (Å²) in [5.74, 6) is -0.174. The molecule has 3 aromatic rings. The molecule has 4 nitrogen and oxygen atoms in total. The molecule has 0 aliphatic heterocycles. The standard InChI is InChI=1S/C27H32N2O2S/c1-20-11-9-10-14-24(20)26(31)29(27(3,4)5)19-25(30)28(17-22-12-7-6-8-13-22)18-23-16-15-21(2)32-23/h6-16H,17-19H2,1-5H3. The summed E-state index contributed by atoms with van der Waals surface area (Å²) < 4.78 is 0. The Hall–Kier alpha value is -2.92. The van der Waals surface area contributed by atoms with Crippen LogP contribution in [0.2, 0.25) is 0 Å². The number of amides is 2. The van der Waals surface area contributed by atoms with E-state index < -0.39 is 5.54 Å². The maximum atomic E-state index is 13.6. The van der Waals surface area contributed by atoms with Gasteiger partial charge < -0.3 is 9.80 Å². The van der Waals surface area contributed by atoms with E-state index in [4.69, 9.17) is 0 Å². The minimum atomic E-state index is -0.493. The van der Waals surface area contributed by atoms with Gasteiger partial charge in [-0.1, -0.05) is 48.5 Å². The van der Waals surface area contributed by atoms with Gasteiger partial charge in [-0.25, -0.2) is 0 Å². The van der Waals surface area contributed by atoms with Crippen LogP contribution < -0.4 is 0 Å². The molecule has 3 rings (SSSR count). The van der Waals surface area contributed by atoms with Gasteiger partial charge in [0.1, 0.15) is 6.54 Å². The molecule has 5 heteroatoms. The molecule has 32 heavy (non-hydrogen) atoms. The van der Waals surface area contributed by atoms with Crippen LogP contribution in [0, 0.1) is 13.8 Å². The third-order valence-corrected chi connectivity index (χ3v) is 6.42. The summed E-state index contributed by atoms with van der Waals surface area (Å²) in [6.45, 7) is 11.0. The van der Waals surface area contributed by atoms with Gasteiger partial charge in [0.25, 0.3) is 5.91 Å². The van der Waals surface area contributed by atoms with Crippen LogP contribution in [0.3, 0.4) is 0 Å². The van der Waals surface area contributed by atoms with Gasteiger partial charge in [-0.3, -0.25) is 9.59 Å². The van der Waals surface area contributed by atoms with Crippen molar-refractivity contribution in [2.24, 2.45) is 0 Å². The second-order valence-electron chi connectivity index (χ2n) is 9.12. The molecule has 0 aliphatic carbocycles. The Morgan fingerprint density at radius 3 is 2.09 bits per heavy atom. The maximum absolute atomic E-state index is 13.6. The molecule has 0 aliphatic rings. The third-order valence-electron chi connectivity index (χ3n) is 5.44. The summed E-state index contributed by atoms with van der Waals surface area (Å²) >= 11 is 1.70. The van der Waals surface area contributed by atoms with Crippen molar-refractivity contribution >= 4 is 23.2 Å². The number of rotatable bonds is 7. The minimum Gasteiger partial charge on any atom is -0.332 e. The smallest absolute Gasteiger partial charge is 0.255 e. The van der Waals surface area contributed by atoms with Crippen LogP contribution in [0.15, 0.2) is 66.7 Å². The lowest BCUT2D eigenvalue weighted by Crippen LogP contribution is -2.51. The molecular formula is C27H32N2O2S. The van der Waals surface area contributed by atoms with Crippen LogP contribution in [0.25, 0.3) is 0 Å². The Bertz CT molecular complexity index is 1070. The molecule has 1 aromatic heterocycles. The van der Waals surface area contributed by atoms with Gasteiger partial charge in [0.15, 0.2) is 0 Å². The lowest BCUT2D eigenvalue weighted by atomic mass is 10.0. The van der Waals surface area contributed by atoms with Gasteiger partial charge in [0, 0.05) is 27.4 Å². The number of carbonyl (C=O) groups is 2. The average molecular weight is 449 g/mol. The van der Waals surface area contributed by atoms with Crippen LogP contribution in [0.1, 0.15) is 52.0 Å². The van der Waals surface area contributed by atoms with E-state index in [1.54, 1.807) is 16.2 Å². The SMILES string of the molecule is Cc1ccc(CN(Cc2ccccc2)C(=O)CN(C(=O)c2ccccc2C)C(C)(C)C)s1. The van der Waals surface area contributed by atoms with Crippen molar-refractivity contribution in [3.8, 4) is 0 Å². The highest BCUT2D eigenvalue weighted by atomic mass is 32.1. The highest BCUT2D eigenvalue weighted by molar-refractivity contribution is 7.11. The van der Waals surface area contributed by atoms with Crippen molar-refractivity contribution in [1.82, 2.24) is 9.80 Å². The van der Waals surface area contributed by atoms with Crippen molar-refractivity contribution < 1.29 is 9.59 Å². The van der Waals surface area contributed by atoms with E-state index in [0.29, 0.717) is 18.7 Å². The maximum Gasteiger partial charge on any atom is 0.255 e. The third kappa shape index (κ3) is 6.07. The van der Waals surface area contributed by atoms with Gasteiger partial charge in [-0.05, 0) is 63.9 Å². The summed E-state index contributed by atoms with van der Waals surface area (Å²) in [6, 6.07) is 21.7. The average Bonchev–Trinajstić information content (AvgIpc) is 3.16. The minimum absolute atomic E-state index is 0.0356. The lowest BCUT2D eigenvalue weighted by Gasteiger charge is -2.37. The predicted molar refractivity (Wildman–Crippen MR) is 132 cm³/mol. The zero-order valence-corrected chi connectivity index (χ0v) is 20.4. The molecule has 0 atom stereocenters. The fourth-order valence-corrected chi connectivity index (χ4v) is 4.51. The van der Waals surface area contributed by atoms with Gasteiger partial charge in [0.2, 0.25) is 5.91 Å². The largest absolute Gasteiger partial charge is 0.332 e. The van der Waals surface area contributed by atoms with Crippen LogP contribution in [-0.4, -0.2) is 33.7 Å². The first-order valence-corrected chi connectivity index (χ1v) is 11.7. The molecule has 0 saturated carbocycles. The number of benzene rings is 2. The van der Waals surface area contributed by atoms with Gasteiger partial charge in [0.05, 0.1) is 6.54 Å². The molecule has 0 spiro atoms. The highest BCUT2D eigenvalue weighted by Crippen LogP contribution is 2.22. The summed E-state index contributed by atoms with van der Waals surface area (Å²) in [5, 5.41) is 0. The topological polar surface area (TPSA) is 40.6 Å². The lowest BCUT2D eigenvalue weighted by molar-refractivity contribution is -0.134. The van der Waals surface area contributed by atoms with E-state index >= 15 is 0 Å². The zero-order valence-electron chi connectivity index (χ0n) is 19.6. The van der Waals surface area contributed by atoms with Crippen LogP contribution in [-0.2, 0) is 17.9 Å². The molecule has 0 unspecified atom stereocenters. The number of hydrogen-bond acceptors (Lipinski definition) is 3. The van der Waals surface area contributed by atoms with E-state index in [1.165, 1.54) is 4.88 Å². The molecule has 168 valence electrons. The quantitative estimate of drug-likeness (QED) is 0.456. The van der Waals surface area contributed by atoms with Crippen molar-refractivity contribution in [2.45, 2.75) is 53.2 Å². The number of nitrogens with zero attached hydrogens (tertiary/aromatic N) is 2.